The Morgan fingerprint density at radius 1 is 1.33 bits per heavy atom. The Kier molecular flexibility index (Phi) is 3.78. The Bertz CT molecular complexity index is 593. The molecule has 21 heavy (non-hydrogen) atoms. The van der Waals surface area contributed by atoms with Gasteiger partial charge in [0.1, 0.15) is 0 Å². The highest BCUT2D eigenvalue weighted by atomic mass is 16.4. The number of carboxylic acid groups (broad SMARTS) is 1. The molecule has 1 aliphatic heterocycles. The minimum atomic E-state index is -0.835. The fraction of sp³-hybridized carbons (Fsp3) is 0.412. The molecular weight excluding hydrogens is 266 g/mol. The summed E-state index contributed by atoms with van der Waals surface area (Å²) in [7, 11) is 0. The van der Waals surface area contributed by atoms with E-state index in [2.05, 4.69) is 12.2 Å². The highest BCUT2D eigenvalue weighted by Crippen LogP contribution is 2.33. The molecule has 0 spiro atoms. The molecule has 0 radical (unpaired) electrons. The topological polar surface area (TPSA) is 57.6 Å². The van der Waals surface area contributed by atoms with E-state index in [-0.39, 0.29) is 24.3 Å². The Morgan fingerprint density at radius 3 is 2.81 bits per heavy atom. The van der Waals surface area contributed by atoms with Crippen LogP contribution in [-0.4, -0.2) is 27.9 Å². The van der Waals surface area contributed by atoms with E-state index in [1.807, 2.05) is 24.3 Å². The van der Waals surface area contributed by atoms with Gasteiger partial charge >= 0.3 is 5.97 Å². The average molecular weight is 285 g/mol. The van der Waals surface area contributed by atoms with E-state index in [0.717, 1.165) is 30.4 Å². The van der Waals surface area contributed by atoms with Crippen molar-refractivity contribution in [3.63, 3.8) is 0 Å². The zero-order valence-electron chi connectivity index (χ0n) is 11.9. The molecule has 1 aromatic rings. The van der Waals surface area contributed by atoms with Gasteiger partial charge in [-0.3, -0.25) is 9.59 Å². The number of nitrogens with zero attached hydrogens (tertiary/aromatic N) is 1. The number of carbonyl (C=O) groups is 2. The van der Waals surface area contributed by atoms with Crippen LogP contribution in [0.15, 0.2) is 36.4 Å². The molecule has 1 aliphatic carbocycles. The molecule has 1 N–H and O–H groups in total. The van der Waals surface area contributed by atoms with Gasteiger partial charge in [0.25, 0.3) is 5.91 Å². The standard InChI is InChI=1S/C17H19NO3/c19-16(20)10-15(12-6-2-1-3-7-12)18-11-13-8-4-5-9-14(13)17(18)21/h1-2,4-5,8-9,12,15H,3,6-7,10-11H2,(H,19,20)/t12-,15+/m0/s1. The quantitative estimate of drug-likeness (QED) is 0.865. The number of hydrogen-bond donors (Lipinski definition) is 1. The number of benzene rings is 1. The minimum absolute atomic E-state index is 0.0218. The molecule has 110 valence electrons. The van der Waals surface area contributed by atoms with Crippen LogP contribution in [-0.2, 0) is 11.3 Å². The third-order valence-electron chi connectivity index (χ3n) is 4.49. The van der Waals surface area contributed by atoms with Crippen molar-refractivity contribution in [2.45, 2.75) is 38.3 Å². The molecule has 0 saturated heterocycles. The molecule has 1 heterocycles. The summed E-state index contributed by atoms with van der Waals surface area (Å²) < 4.78 is 0. The predicted molar refractivity (Wildman–Crippen MR) is 78.8 cm³/mol. The van der Waals surface area contributed by atoms with Gasteiger partial charge in [0.15, 0.2) is 0 Å². The molecule has 4 heteroatoms. The van der Waals surface area contributed by atoms with Crippen LogP contribution >= 0.6 is 0 Å². The SMILES string of the molecule is O=C(O)C[C@H]([C@H]1CC=CCC1)N1Cc2ccccc2C1=O. The van der Waals surface area contributed by atoms with Crippen LogP contribution in [0.25, 0.3) is 0 Å². The van der Waals surface area contributed by atoms with Gasteiger partial charge in [-0.05, 0) is 36.8 Å². The first-order valence-electron chi connectivity index (χ1n) is 7.42. The molecule has 2 atom stereocenters. The fourth-order valence-corrected chi connectivity index (χ4v) is 3.42. The monoisotopic (exact) mass is 285 g/mol. The summed E-state index contributed by atoms with van der Waals surface area (Å²) in [5.41, 5.74) is 1.73. The van der Waals surface area contributed by atoms with E-state index in [1.54, 1.807) is 4.90 Å². The highest BCUT2D eigenvalue weighted by molar-refractivity contribution is 5.98. The summed E-state index contributed by atoms with van der Waals surface area (Å²) in [4.78, 5) is 25.6. The number of allylic oxidation sites excluding steroid dienone is 2. The molecule has 0 fully saturated rings. The van der Waals surface area contributed by atoms with Crippen molar-refractivity contribution in [3.8, 4) is 0 Å². The van der Waals surface area contributed by atoms with Gasteiger partial charge in [-0.15, -0.1) is 0 Å². The van der Waals surface area contributed by atoms with Crippen molar-refractivity contribution in [1.82, 2.24) is 4.90 Å². The first kappa shape index (κ1) is 13.9. The lowest BCUT2D eigenvalue weighted by atomic mass is 9.85. The molecule has 0 aromatic heterocycles. The number of amides is 1. The molecule has 4 nitrogen and oxygen atoms in total. The fourth-order valence-electron chi connectivity index (χ4n) is 3.42. The summed E-state index contributed by atoms with van der Waals surface area (Å²) in [5, 5.41) is 9.22. The van der Waals surface area contributed by atoms with E-state index < -0.39 is 5.97 Å². The van der Waals surface area contributed by atoms with Gasteiger partial charge in [-0.1, -0.05) is 30.4 Å². The second-order valence-corrected chi connectivity index (χ2v) is 5.80. The highest BCUT2D eigenvalue weighted by Gasteiger charge is 2.37. The van der Waals surface area contributed by atoms with E-state index in [9.17, 15) is 14.7 Å². The van der Waals surface area contributed by atoms with Crippen LogP contribution in [0.4, 0.5) is 0 Å². The number of rotatable bonds is 4. The van der Waals surface area contributed by atoms with E-state index in [0.29, 0.717) is 6.54 Å². The molecule has 3 rings (SSSR count). The average Bonchev–Trinajstić information content (AvgIpc) is 2.83. The maximum absolute atomic E-state index is 12.6. The molecule has 0 bridgehead atoms. The lowest BCUT2D eigenvalue weighted by Crippen LogP contribution is -2.42. The van der Waals surface area contributed by atoms with Crippen molar-refractivity contribution in [2.24, 2.45) is 5.92 Å². The second-order valence-electron chi connectivity index (χ2n) is 5.80. The molecule has 0 saturated carbocycles. The Hall–Kier alpha value is -2.10. The number of aliphatic carboxylic acids is 1. The lowest BCUT2D eigenvalue weighted by Gasteiger charge is -2.34. The van der Waals surface area contributed by atoms with Crippen LogP contribution in [0, 0.1) is 5.92 Å². The van der Waals surface area contributed by atoms with E-state index >= 15 is 0 Å². The lowest BCUT2D eigenvalue weighted by molar-refractivity contribution is -0.138. The summed E-state index contributed by atoms with van der Waals surface area (Å²) in [6.45, 7) is 0.535. The first-order chi connectivity index (χ1) is 10.2. The van der Waals surface area contributed by atoms with Gasteiger partial charge in [0.05, 0.1) is 6.42 Å². The number of fused-ring (bicyclic) bond motifs is 1. The molecule has 1 amide bonds. The summed E-state index contributed by atoms with van der Waals surface area (Å²) in [6.07, 6.45) is 7.05. The largest absolute Gasteiger partial charge is 0.481 e. The van der Waals surface area contributed by atoms with Gasteiger partial charge in [-0.25, -0.2) is 0 Å². The third kappa shape index (κ3) is 2.71. The van der Waals surface area contributed by atoms with E-state index in [4.69, 9.17) is 0 Å². The summed E-state index contributed by atoms with van der Waals surface area (Å²) in [5.74, 6) is -0.617. The smallest absolute Gasteiger partial charge is 0.305 e. The van der Waals surface area contributed by atoms with Gasteiger partial charge < -0.3 is 10.0 Å². The molecule has 0 unspecified atom stereocenters. The zero-order chi connectivity index (χ0) is 14.8. The Balaban J connectivity index is 1.86. The zero-order valence-corrected chi connectivity index (χ0v) is 11.9. The van der Waals surface area contributed by atoms with Crippen molar-refractivity contribution in [3.05, 3.63) is 47.5 Å². The summed E-state index contributed by atoms with van der Waals surface area (Å²) in [6, 6.07) is 7.34. The van der Waals surface area contributed by atoms with Crippen molar-refractivity contribution in [2.75, 3.05) is 0 Å². The van der Waals surface area contributed by atoms with Crippen LogP contribution in [0.3, 0.4) is 0 Å². The van der Waals surface area contributed by atoms with Crippen molar-refractivity contribution < 1.29 is 14.7 Å². The van der Waals surface area contributed by atoms with Crippen LogP contribution in [0.2, 0.25) is 0 Å². The third-order valence-corrected chi connectivity index (χ3v) is 4.49. The molecule has 2 aliphatic rings. The number of carbonyl (C=O) groups excluding carboxylic acids is 1. The maximum Gasteiger partial charge on any atom is 0.305 e. The Morgan fingerprint density at radius 2 is 2.14 bits per heavy atom. The van der Waals surface area contributed by atoms with Crippen LogP contribution in [0.5, 0.6) is 0 Å². The van der Waals surface area contributed by atoms with Crippen molar-refractivity contribution in [1.29, 1.82) is 0 Å². The molecular formula is C17H19NO3. The molecule has 1 aromatic carbocycles. The van der Waals surface area contributed by atoms with Gasteiger partial charge in [-0.2, -0.15) is 0 Å². The van der Waals surface area contributed by atoms with Crippen LogP contribution in [0.1, 0.15) is 41.6 Å². The predicted octanol–water partition coefficient (Wildman–Crippen LogP) is 2.84. The van der Waals surface area contributed by atoms with Gasteiger partial charge in [0, 0.05) is 18.2 Å². The second kappa shape index (κ2) is 5.72. The number of carboxylic acids is 1. The number of hydrogen-bond acceptors (Lipinski definition) is 2. The van der Waals surface area contributed by atoms with Crippen molar-refractivity contribution >= 4 is 11.9 Å². The first-order valence-corrected chi connectivity index (χ1v) is 7.42. The maximum atomic E-state index is 12.6. The van der Waals surface area contributed by atoms with E-state index in [1.165, 1.54) is 0 Å². The van der Waals surface area contributed by atoms with Gasteiger partial charge in [0.2, 0.25) is 0 Å². The summed E-state index contributed by atoms with van der Waals surface area (Å²) >= 11 is 0. The minimum Gasteiger partial charge on any atom is -0.481 e. The van der Waals surface area contributed by atoms with Crippen LogP contribution < -0.4 is 0 Å². The Labute approximate surface area is 124 Å². The normalized spacial score (nSPS) is 22.2.